The second-order valence-corrected chi connectivity index (χ2v) is 8.32. The zero-order valence-electron chi connectivity index (χ0n) is 18.8. The maximum absolute atomic E-state index is 12.8. The molecule has 0 fully saturated rings. The molecule has 0 bridgehead atoms. The number of fused-ring (bicyclic) bond motifs is 1. The van der Waals surface area contributed by atoms with Gasteiger partial charge in [-0.15, -0.1) is 0 Å². The average Bonchev–Trinajstić information content (AvgIpc) is 3.21. The van der Waals surface area contributed by atoms with Gasteiger partial charge >= 0.3 is 5.97 Å². The van der Waals surface area contributed by atoms with Gasteiger partial charge in [-0.2, -0.15) is 0 Å². The Balaban J connectivity index is 1.79. The van der Waals surface area contributed by atoms with Crippen molar-refractivity contribution < 1.29 is 19.4 Å². The van der Waals surface area contributed by atoms with Gasteiger partial charge in [0.05, 0.1) is 18.2 Å². The summed E-state index contributed by atoms with van der Waals surface area (Å²) in [5.41, 5.74) is 7.06. The summed E-state index contributed by atoms with van der Waals surface area (Å²) in [5, 5.41) is 12.4. The highest BCUT2D eigenvalue weighted by Gasteiger charge is 2.26. The predicted octanol–water partition coefficient (Wildman–Crippen LogP) is 5.62. The Morgan fingerprint density at radius 2 is 1.88 bits per heavy atom. The number of H-pyrrole nitrogens is 1. The first-order valence-electron chi connectivity index (χ1n) is 10.5. The number of nitrogens with one attached hydrogen (secondary N) is 2. The smallest absolute Gasteiger partial charge is 0.337 e. The van der Waals surface area contributed by atoms with Crippen LogP contribution in [-0.2, 0) is 4.79 Å². The Morgan fingerprint density at radius 1 is 1.12 bits per heavy atom. The van der Waals surface area contributed by atoms with Crippen LogP contribution >= 0.6 is 0 Å². The van der Waals surface area contributed by atoms with Gasteiger partial charge in [0.25, 0.3) is 5.91 Å². The number of amides is 1. The fraction of sp³-hybridized carbons (Fsp3) is 0.231. The van der Waals surface area contributed by atoms with Crippen LogP contribution in [0.3, 0.4) is 0 Å². The molecule has 6 heteroatoms. The van der Waals surface area contributed by atoms with Crippen LogP contribution in [0.15, 0.2) is 36.4 Å². The van der Waals surface area contributed by atoms with E-state index < -0.39 is 5.97 Å². The van der Waals surface area contributed by atoms with Gasteiger partial charge in [0.2, 0.25) is 0 Å². The summed E-state index contributed by atoms with van der Waals surface area (Å²) in [7, 11) is 1.67. The van der Waals surface area contributed by atoms with E-state index in [1.54, 1.807) is 27.0 Å². The minimum Gasteiger partial charge on any atom is -0.496 e. The van der Waals surface area contributed by atoms with E-state index in [0.717, 1.165) is 33.7 Å². The topological polar surface area (TPSA) is 91.4 Å². The van der Waals surface area contributed by atoms with Crippen molar-refractivity contribution in [1.29, 1.82) is 0 Å². The summed E-state index contributed by atoms with van der Waals surface area (Å²) in [6, 6.07) is 11.9. The van der Waals surface area contributed by atoms with Crippen molar-refractivity contribution in [1.82, 2.24) is 4.98 Å². The lowest BCUT2D eigenvalue weighted by atomic mass is 9.94. The molecule has 0 saturated heterocycles. The van der Waals surface area contributed by atoms with Gasteiger partial charge in [-0.1, -0.05) is 44.2 Å². The number of rotatable bonds is 5. The lowest BCUT2D eigenvalue weighted by Crippen LogP contribution is -2.04. The van der Waals surface area contributed by atoms with E-state index in [1.165, 1.54) is 0 Å². The van der Waals surface area contributed by atoms with Gasteiger partial charge in [-0.3, -0.25) is 4.79 Å². The van der Waals surface area contributed by atoms with E-state index in [0.29, 0.717) is 28.4 Å². The number of para-hydroxylation sites is 1. The van der Waals surface area contributed by atoms with Gasteiger partial charge in [-0.25, -0.2) is 4.79 Å². The molecule has 3 aromatic rings. The first-order chi connectivity index (χ1) is 15.2. The first kappa shape index (κ1) is 21.4. The van der Waals surface area contributed by atoms with E-state index in [9.17, 15) is 14.7 Å². The third kappa shape index (κ3) is 3.47. The molecule has 3 N–H and O–H groups in total. The number of carbonyl (C=O) groups excluding carboxylic acids is 1. The molecule has 164 valence electrons. The summed E-state index contributed by atoms with van der Waals surface area (Å²) in [6.07, 6.45) is 1.72. The zero-order valence-corrected chi connectivity index (χ0v) is 18.8. The number of carboxylic acid groups (broad SMARTS) is 1. The second-order valence-electron chi connectivity index (χ2n) is 8.32. The third-order valence-corrected chi connectivity index (χ3v) is 5.96. The van der Waals surface area contributed by atoms with E-state index in [1.807, 2.05) is 30.3 Å². The lowest BCUT2D eigenvalue weighted by molar-refractivity contribution is -0.110. The maximum atomic E-state index is 12.8. The van der Waals surface area contributed by atoms with Crippen LogP contribution < -0.4 is 10.1 Å². The van der Waals surface area contributed by atoms with Crippen molar-refractivity contribution in [3.05, 3.63) is 70.0 Å². The number of carbonyl (C=O) groups is 2. The Kier molecular flexibility index (Phi) is 5.38. The van der Waals surface area contributed by atoms with Crippen LogP contribution in [0.25, 0.3) is 22.8 Å². The number of aromatic amines is 1. The van der Waals surface area contributed by atoms with Crippen LogP contribution in [0.2, 0.25) is 0 Å². The van der Waals surface area contributed by atoms with Gasteiger partial charge in [-0.05, 0) is 48.6 Å². The molecule has 0 unspecified atom stereocenters. The number of hydrogen-bond acceptors (Lipinski definition) is 3. The largest absolute Gasteiger partial charge is 0.496 e. The number of carboxylic acids is 1. The second kappa shape index (κ2) is 8.04. The number of aryl methyl sites for hydroxylation is 1. The number of ether oxygens (including phenoxy) is 1. The van der Waals surface area contributed by atoms with Gasteiger partial charge in [0.15, 0.2) is 0 Å². The lowest BCUT2D eigenvalue weighted by Gasteiger charge is -2.16. The molecule has 0 saturated carbocycles. The summed E-state index contributed by atoms with van der Waals surface area (Å²) in [6.45, 7) is 7.71. The van der Waals surface area contributed by atoms with Gasteiger partial charge in [0.1, 0.15) is 5.75 Å². The molecule has 2 heterocycles. The monoisotopic (exact) mass is 430 g/mol. The minimum absolute atomic E-state index is 0.219. The molecule has 0 aliphatic carbocycles. The Bertz CT molecular complexity index is 1280. The third-order valence-electron chi connectivity index (χ3n) is 5.96. The molecule has 2 aromatic carbocycles. The van der Waals surface area contributed by atoms with Gasteiger partial charge in [0, 0.05) is 28.2 Å². The Labute approximate surface area is 186 Å². The number of aromatic nitrogens is 1. The van der Waals surface area contributed by atoms with Crippen LogP contribution in [-0.4, -0.2) is 29.1 Å². The molecule has 0 atom stereocenters. The fourth-order valence-electron chi connectivity index (χ4n) is 4.35. The summed E-state index contributed by atoms with van der Waals surface area (Å²) < 4.78 is 5.73. The number of methoxy groups -OCH3 is 1. The molecule has 0 radical (unpaired) electrons. The SMILES string of the molecule is COc1c(-c2ccc3c(c2)NC(=O)C3=Cc2[nH]c(C)c(C(=O)O)c2C)cccc1C(C)C. The Hall–Kier alpha value is -3.80. The molecule has 1 aliphatic rings. The molecule has 1 amide bonds. The average molecular weight is 431 g/mol. The molecular weight excluding hydrogens is 404 g/mol. The number of benzene rings is 2. The highest BCUT2D eigenvalue weighted by molar-refractivity contribution is 6.35. The van der Waals surface area contributed by atoms with Crippen LogP contribution in [0.1, 0.15) is 58.2 Å². The molecule has 6 nitrogen and oxygen atoms in total. The summed E-state index contributed by atoms with van der Waals surface area (Å²) >= 11 is 0. The molecule has 1 aliphatic heterocycles. The minimum atomic E-state index is -0.987. The first-order valence-corrected chi connectivity index (χ1v) is 10.5. The zero-order chi connectivity index (χ0) is 23.2. The van der Waals surface area contributed by atoms with E-state index >= 15 is 0 Å². The molecule has 32 heavy (non-hydrogen) atoms. The van der Waals surface area contributed by atoms with Crippen molar-refractivity contribution >= 4 is 29.2 Å². The van der Waals surface area contributed by atoms with Crippen molar-refractivity contribution in [3.63, 3.8) is 0 Å². The number of aromatic carboxylic acids is 1. The summed E-state index contributed by atoms with van der Waals surface area (Å²) in [4.78, 5) is 27.4. The van der Waals surface area contributed by atoms with Crippen LogP contribution in [0.4, 0.5) is 5.69 Å². The number of hydrogen-bond donors (Lipinski definition) is 3. The normalized spacial score (nSPS) is 14.1. The number of anilines is 1. The molecule has 4 rings (SSSR count). The predicted molar refractivity (Wildman–Crippen MR) is 126 cm³/mol. The molecule has 1 aromatic heterocycles. The van der Waals surface area contributed by atoms with Crippen molar-refractivity contribution in [3.8, 4) is 16.9 Å². The highest BCUT2D eigenvalue weighted by Crippen LogP contribution is 2.41. The van der Waals surface area contributed by atoms with E-state index in [-0.39, 0.29) is 11.5 Å². The summed E-state index contributed by atoms with van der Waals surface area (Å²) in [5.74, 6) is -0.0547. The van der Waals surface area contributed by atoms with Gasteiger partial charge < -0.3 is 20.1 Å². The fourth-order valence-corrected chi connectivity index (χ4v) is 4.35. The Morgan fingerprint density at radius 3 is 2.50 bits per heavy atom. The van der Waals surface area contributed by atoms with Crippen molar-refractivity contribution in [2.24, 2.45) is 0 Å². The van der Waals surface area contributed by atoms with E-state index in [4.69, 9.17) is 4.74 Å². The standard InChI is InChI=1S/C26H26N2O4/c1-13(2)17-7-6-8-18(24(17)32-5)16-9-10-19-20(25(29)28-22(19)11-16)12-21-14(3)23(26(30)31)15(4)27-21/h6-13,27H,1-5H3,(H,28,29)(H,30,31). The van der Waals surface area contributed by atoms with Crippen LogP contribution in [0.5, 0.6) is 5.75 Å². The quantitative estimate of drug-likeness (QED) is 0.458. The van der Waals surface area contributed by atoms with Crippen molar-refractivity contribution in [2.75, 3.05) is 12.4 Å². The highest BCUT2D eigenvalue weighted by atomic mass is 16.5. The van der Waals surface area contributed by atoms with E-state index in [2.05, 4.69) is 30.2 Å². The molecular formula is C26H26N2O4. The van der Waals surface area contributed by atoms with Crippen molar-refractivity contribution in [2.45, 2.75) is 33.6 Å². The molecule has 0 spiro atoms. The maximum Gasteiger partial charge on any atom is 0.337 e. The van der Waals surface area contributed by atoms with Crippen LogP contribution in [0, 0.1) is 13.8 Å².